The number of hydrogen-bond acceptors (Lipinski definition) is 4. The predicted molar refractivity (Wildman–Crippen MR) is 61.7 cm³/mol. The second-order valence-electron chi connectivity index (χ2n) is 2.67. The summed E-state index contributed by atoms with van der Waals surface area (Å²) in [6, 6.07) is 0. The van der Waals surface area contributed by atoms with Gasteiger partial charge in [-0.1, -0.05) is 6.92 Å². The van der Waals surface area contributed by atoms with Crippen LogP contribution in [-0.2, 0) is 0 Å². The van der Waals surface area contributed by atoms with Crippen molar-refractivity contribution in [1.29, 1.82) is 0 Å². The van der Waals surface area contributed by atoms with Gasteiger partial charge in [-0.25, -0.2) is 0 Å². The fraction of sp³-hybridized carbons (Fsp3) is 0.300. The SMILES string of the molecule is C=Nc1c(C=O)csc1C(CC)=NC. The molecule has 0 fully saturated rings. The zero-order valence-electron chi connectivity index (χ0n) is 8.28. The summed E-state index contributed by atoms with van der Waals surface area (Å²) in [5, 5.41) is 1.78. The summed E-state index contributed by atoms with van der Waals surface area (Å²) in [5.74, 6) is 0. The van der Waals surface area contributed by atoms with Gasteiger partial charge in [0, 0.05) is 12.4 Å². The first-order valence-corrected chi connectivity index (χ1v) is 5.15. The quantitative estimate of drug-likeness (QED) is 0.554. The van der Waals surface area contributed by atoms with Gasteiger partial charge in [-0.3, -0.25) is 14.8 Å². The highest BCUT2D eigenvalue weighted by Gasteiger charge is 2.13. The van der Waals surface area contributed by atoms with Crippen molar-refractivity contribution in [2.75, 3.05) is 7.05 Å². The van der Waals surface area contributed by atoms with Crippen LogP contribution >= 0.6 is 11.3 Å². The molecule has 0 aromatic carbocycles. The van der Waals surface area contributed by atoms with Crippen LogP contribution in [0.15, 0.2) is 15.4 Å². The standard InChI is InChI=1S/C10H12N2OS/c1-4-8(11-2)10-9(12-3)7(5-13)6-14-10/h5-6H,3-4H2,1-2H3. The van der Waals surface area contributed by atoms with E-state index in [9.17, 15) is 4.79 Å². The van der Waals surface area contributed by atoms with Crippen molar-refractivity contribution in [2.45, 2.75) is 13.3 Å². The normalized spacial score (nSPS) is 11.4. The number of aldehydes is 1. The van der Waals surface area contributed by atoms with E-state index in [2.05, 4.69) is 16.7 Å². The van der Waals surface area contributed by atoms with Crippen LogP contribution in [0.2, 0.25) is 0 Å². The highest BCUT2D eigenvalue weighted by atomic mass is 32.1. The van der Waals surface area contributed by atoms with E-state index in [-0.39, 0.29) is 0 Å². The molecule has 0 unspecified atom stereocenters. The maximum Gasteiger partial charge on any atom is 0.153 e. The topological polar surface area (TPSA) is 41.8 Å². The number of hydrogen-bond donors (Lipinski definition) is 0. The summed E-state index contributed by atoms with van der Waals surface area (Å²) in [4.78, 5) is 19.7. The van der Waals surface area contributed by atoms with Crippen LogP contribution in [0.1, 0.15) is 28.6 Å². The molecule has 0 spiro atoms. The van der Waals surface area contributed by atoms with Crippen molar-refractivity contribution < 1.29 is 4.79 Å². The zero-order chi connectivity index (χ0) is 10.6. The summed E-state index contributed by atoms with van der Waals surface area (Å²) in [5.41, 5.74) is 2.22. The molecular formula is C10H12N2OS. The smallest absolute Gasteiger partial charge is 0.153 e. The number of thiophene rings is 1. The average molecular weight is 208 g/mol. The van der Waals surface area contributed by atoms with E-state index in [4.69, 9.17) is 0 Å². The average Bonchev–Trinajstić information content (AvgIpc) is 2.62. The molecular weight excluding hydrogens is 196 g/mol. The highest BCUT2D eigenvalue weighted by Crippen LogP contribution is 2.30. The molecule has 0 aliphatic rings. The third-order valence-electron chi connectivity index (χ3n) is 1.94. The van der Waals surface area contributed by atoms with E-state index in [1.807, 2.05) is 6.92 Å². The van der Waals surface area contributed by atoms with Crippen LogP contribution in [0.25, 0.3) is 0 Å². The maximum absolute atomic E-state index is 10.7. The molecule has 0 saturated heterocycles. The van der Waals surface area contributed by atoms with Gasteiger partial charge in [-0.2, -0.15) is 0 Å². The van der Waals surface area contributed by atoms with E-state index in [1.165, 1.54) is 11.3 Å². The Morgan fingerprint density at radius 3 is 2.86 bits per heavy atom. The Labute approximate surface area is 87.2 Å². The van der Waals surface area contributed by atoms with Crippen LogP contribution in [-0.4, -0.2) is 25.8 Å². The van der Waals surface area contributed by atoms with Crippen LogP contribution < -0.4 is 0 Å². The van der Waals surface area contributed by atoms with E-state index in [1.54, 1.807) is 12.4 Å². The van der Waals surface area contributed by atoms with Gasteiger partial charge in [0.2, 0.25) is 0 Å². The first-order chi connectivity index (χ1) is 6.78. The molecule has 74 valence electrons. The molecule has 1 aromatic rings. The van der Waals surface area contributed by atoms with Crippen molar-refractivity contribution in [3.8, 4) is 0 Å². The molecule has 1 aromatic heterocycles. The molecule has 1 heterocycles. The Morgan fingerprint density at radius 1 is 1.71 bits per heavy atom. The minimum absolute atomic E-state index is 0.592. The molecule has 0 bridgehead atoms. The lowest BCUT2D eigenvalue weighted by atomic mass is 10.2. The van der Waals surface area contributed by atoms with E-state index in [0.29, 0.717) is 11.3 Å². The van der Waals surface area contributed by atoms with Gasteiger partial charge in [-0.15, -0.1) is 11.3 Å². The van der Waals surface area contributed by atoms with Gasteiger partial charge in [0.05, 0.1) is 21.8 Å². The Kier molecular flexibility index (Phi) is 3.71. The Bertz CT molecular complexity index is 379. The fourth-order valence-electron chi connectivity index (χ4n) is 1.24. The van der Waals surface area contributed by atoms with E-state index < -0.39 is 0 Å². The third kappa shape index (κ3) is 1.80. The molecule has 0 amide bonds. The summed E-state index contributed by atoms with van der Waals surface area (Å²) >= 11 is 1.49. The Balaban J connectivity index is 3.27. The molecule has 4 heteroatoms. The fourth-order valence-corrected chi connectivity index (χ4v) is 2.31. The van der Waals surface area contributed by atoms with Crippen LogP contribution in [0, 0.1) is 0 Å². The molecule has 0 N–H and O–H groups in total. The van der Waals surface area contributed by atoms with Crippen molar-refractivity contribution in [3.63, 3.8) is 0 Å². The lowest BCUT2D eigenvalue weighted by Gasteiger charge is -2.00. The summed E-state index contributed by atoms with van der Waals surface area (Å²) in [6.07, 6.45) is 1.63. The predicted octanol–water partition coefficient (Wildman–Crippen LogP) is 2.72. The van der Waals surface area contributed by atoms with Crippen LogP contribution in [0.3, 0.4) is 0 Å². The van der Waals surface area contributed by atoms with Gasteiger partial charge in [-0.05, 0) is 13.1 Å². The van der Waals surface area contributed by atoms with Crippen molar-refractivity contribution in [1.82, 2.24) is 0 Å². The number of nitrogens with zero attached hydrogens (tertiary/aromatic N) is 2. The molecule has 0 saturated carbocycles. The molecule has 0 aliphatic carbocycles. The molecule has 0 aliphatic heterocycles. The van der Waals surface area contributed by atoms with Crippen molar-refractivity contribution in [2.24, 2.45) is 9.98 Å². The number of rotatable bonds is 4. The first-order valence-electron chi connectivity index (χ1n) is 4.27. The monoisotopic (exact) mass is 208 g/mol. The second-order valence-corrected chi connectivity index (χ2v) is 3.55. The third-order valence-corrected chi connectivity index (χ3v) is 2.98. The van der Waals surface area contributed by atoms with Gasteiger partial charge < -0.3 is 0 Å². The second kappa shape index (κ2) is 4.81. The molecule has 0 radical (unpaired) electrons. The summed E-state index contributed by atoms with van der Waals surface area (Å²) in [7, 11) is 1.74. The molecule has 0 atom stereocenters. The minimum atomic E-state index is 0.592. The molecule has 3 nitrogen and oxygen atoms in total. The number of carbonyl (C=O) groups is 1. The Morgan fingerprint density at radius 2 is 2.43 bits per heavy atom. The molecule has 14 heavy (non-hydrogen) atoms. The van der Waals surface area contributed by atoms with Crippen molar-refractivity contribution >= 4 is 35.7 Å². The first kappa shape index (κ1) is 10.8. The largest absolute Gasteiger partial charge is 0.298 e. The minimum Gasteiger partial charge on any atom is -0.298 e. The van der Waals surface area contributed by atoms with E-state index >= 15 is 0 Å². The highest BCUT2D eigenvalue weighted by molar-refractivity contribution is 7.13. The summed E-state index contributed by atoms with van der Waals surface area (Å²) in [6.45, 7) is 5.49. The van der Waals surface area contributed by atoms with Crippen LogP contribution in [0.4, 0.5) is 5.69 Å². The van der Waals surface area contributed by atoms with Crippen LogP contribution in [0.5, 0.6) is 0 Å². The zero-order valence-corrected chi connectivity index (χ0v) is 9.10. The number of aliphatic imine (C=N–C) groups is 2. The van der Waals surface area contributed by atoms with Gasteiger partial charge >= 0.3 is 0 Å². The lowest BCUT2D eigenvalue weighted by molar-refractivity contribution is 0.112. The van der Waals surface area contributed by atoms with Crippen molar-refractivity contribution in [3.05, 3.63) is 15.8 Å². The molecule has 1 rings (SSSR count). The maximum atomic E-state index is 10.7. The van der Waals surface area contributed by atoms with Gasteiger partial charge in [0.1, 0.15) is 0 Å². The number of carbonyl (C=O) groups excluding carboxylic acids is 1. The van der Waals surface area contributed by atoms with Gasteiger partial charge in [0.15, 0.2) is 6.29 Å². The Hall–Kier alpha value is -1.29. The summed E-state index contributed by atoms with van der Waals surface area (Å²) < 4.78 is 0. The van der Waals surface area contributed by atoms with Gasteiger partial charge in [0.25, 0.3) is 0 Å². The van der Waals surface area contributed by atoms with E-state index in [0.717, 1.165) is 23.3 Å². The lowest BCUT2D eigenvalue weighted by Crippen LogP contribution is -1.95.